The molecule has 3 rings (SSSR count). The predicted molar refractivity (Wildman–Crippen MR) is 96.3 cm³/mol. The van der Waals surface area contributed by atoms with Gasteiger partial charge in [0.15, 0.2) is 0 Å². The van der Waals surface area contributed by atoms with Crippen LogP contribution in [0.3, 0.4) is 0 Å². The van der Waals surface area contributed by atoms with E-state index in [1.807, 2.05) is 23.8 Å². The van der Waals surface area contributed by atoms with Crippen LogP contribution in [-0.2, 0) is 22.4 Å². The van der Waals surface area contributed by atoms with Crippen LogP contribution in [0, 0.1) is 0 Å². The minimum atomic E-state index is -0.814. The van der Waals surface area contributed by atoms with Crippen LogP contribution >= 0.6 is 11.3 Å². The number of thiophene rings is 1. The Balaban J connectivity index is 1.62. The van der Waals surface area contributed by atoms with Crippen LogP contribution in [0.15, 0.2) is 32.6 Å². The van der Waals surface area contributed by atoms with E-state index < -0.39 is 29.7 Å². The number of nitrogens with one attached hydrogen (secondary N) is 2. The lowest BCUT2D eigenvalue weighted by atomic mass is 10.1. The van der Waals surface area contributed by atoms with Gasteiger partial charge in [-0.25, -0.2) is 4.79 Å². The number of ether oxygens (including phenoxy) is 1. The number of aryl methyl sites for hydroxylation is 1. The van der Waals surface area contributed by atoms with Gasteiger partial charge in [0.05, 0.1) is 12.5 Å². The molecule has 140 valence electrons. The highest BCUT2D eigenvalue weighted by molar-refractivity contribution is 7.07. The van der Waals surface area contributed by atoms with Gasteiger partial charge < -0.3 is 15.2 Å². The van der Waals surface area contributed by atoms with Gasteiger partial charge in [-0.05, 0) is 28.8 Å². The smallest absolute Gasteiger partial charge is 0.330 e. The van der Waals surface area contributed by atoms with Gasteiger partial charge in [0.1, 0.15) is 12.3 Å². The van der Waals surface area contributed by atoms with E-state index in [4.69, 9.17) is 4.74 Å². The van der Waals surface area contributed by atoms with Gasteiger partial charge in [-0.3, -0.25) is 19.1 Å². The standard InChI is InChI=1S/C17H21N3O5S/c1-2-11-8-20(17(24)19-16(11)23)15-6-12(21)13(25-15)7-18-14(22)5-10-3-4-26-9-10/h3-4,8-9,12-13,15,21H,2,5-7H2,1H3,(H,18,22)(H,19,23,24)/t12?,13-,15-/m0/s1. The number of hydrogen-bond donors (Lipinski definition) is 3. The first-order valence-corrected chi connectivity index (χ1v) is 9.37. The van der Waals surface area contributed by atoms with Crippen LogP contribution in [0.5, 0.6) is 0 Å². The normalized spacial score (nSPS) is 22.5. The number of rotatable bonds is 6. The van der Waals surface area contributed by atoms with Gasteiger partial charge in [-0.1, -0.05) is 6.92 Å². The van der Waals surface area contributed by atoms with Gasteiger partial charge in [0.2, 0.25) is 5.91 Å². The maximum atomic E-state index is 12.0. The Labute approximate surface area is 153 Å². The number of amides is 1. The van der Waals surface area contributed by atoms with Crippen LogP contribution in [-0.4, -0.2) is 39.3 Å². The molecule has 1 fully saturated rings. The summed E-state index contributed by atoms with van der Waals surface area (Å²) in [6, 6.07) is 1.88. The van der Waals surface area contributed by atoms with Crippen LogP contribution in [0.4, 0.5) is 0 Å². The number of aromatic amines is 1. The summed E-state index contributed by atoms with van der Waals surface area (Å²) >= 11 is 1.53. The van der Waals surface area contributed by atoms with Crippen LogP contribution in [0.2, 0.25) is 0 Å². The zero-order chi connectivity index (χ0) is 18.7. The Morgan fingerprint density at radius 3 is 3.00 bits per heavy atom. The zero-order valence-corrected chi connectivity index (χ0v) is 15.1. The molecule has 26 heavy (non-hydrogen) atoms. The molecule has 0 saturated carbocycles. The second kappa shape index (κ2) is 7.98. The van der Waals surface area contributed by atoms with E-state index in [1.54, 1.807) is 0 Å². The maximum absolute atomic E-state index is 12.0. The van der Waals surface area contributed by atoms with Crippen LogP contribution < -0.4 is 16.6 Å². The molecular formula is C17H21N3O5S. The third kappa shape index (κ3) is 4.12. The monoisotopic (exact) mass is 379 g/mol. The van der Waals surface area contributed by atoms with Gasteiger partial charge in [0.25, 0.3) is 5.56 Å². The molecule has 0 spiro atoms. The molecule has 1 unspecified atom stereocenters. The second-order valence-corrected chi connectivity index (χ2v) is 7.00. The molecule has 0 radical (unpaired) electrons. The Bertz CT molecular complexity index is 873. The molecule has 1 aliphatic heterocycles. The highest BCUT2D eigenvalue weighted by Gasteiger charge is 2.35. The van der Waals surface area contributed by atoms with Gasteiger partial charge >= 0.3 is 5.69 Å². The number of nitrogens with zero attached hydrogens (tertiary/aromatic N) is 1. The molecule has 3 heterocycles. The summed E-state index contributed by atoms with van der Waals surface area (Å²) in [5.41, 5.74) is 0.413. The summed E-state index contributed by atoms with van der Waals surface area (Å²) in [4.78, 5) is 37.9. The molecule has 0 aromatic carbocycles. The van der Waals surface area contributed by atoms with Crippen molar-refractivity contribution in [3.63, 3.8) is 0 Å². The van der Waals surface area contributed by atoms with Crippen molar-refractivity contribution in [2.24, 2.45) is 0 Å². The molecule has 0 aliphatic carbocycles. The van der Waals surface area contributed by atoms with E-state index in [0.29, 0.717) is 12.0 Å². The summed E-state index contributed by atoms with van der Waals surface area (Å²) < 4.78 is 7.03. The number of carbonyl (C=O) groups is 1. The second-order valence-electron chi connectivity index (χ2n) is 6.22. The summed E-state index contributed by atoms with van der Waals surface area (Å²) in [6.45, 7) is 1.97. The van der Waals surface area contributed by atoms with Gasteiger partial charge in [-0.15, -0.1) is 0 Å². The Hall–Kier alpha value is -2.23. The molecule has 3 N–H and O–H groups in total. The minimum Gasteiger partial charge on any atom is -0.390 e. The first-order chi connectivity index (χ1) is 12.5. The molecule has 1 amide bonds. The molecule has 0 bridgehead atoms. The Morgan fingerprint density at radius 1 is 1.50 bits per heavy atom. The molecule has 9 heteroatoms. The van der Waals surface area contributed by atoms with Crippen LogP contribution in [0.1, 0.15) is 30.7 Å². The number of aliphatic hydroxyl groups is 1. The largest absolute Gasteiger partial charge is 0.390 e. The molecule has 1 saturated heterocycles. The van der Waals surface area contributed by atoms with E-state index in [-0.39, 0.29) is 25.3 Å². The number of aliphatic hydroxyl groups excluding tert-OH is 1. The molecule has 2 aromatic rings. The van der Waals surface area contributed by atoms with Crippen molar-refractivity contribution in [3.8, 4) is 0 Å². The molecular weight excluding hydrogens is 358 g/mol. The summed E-state index contributed by atoms with van der Waals surface area (Å²) in [7, 11) is 0. The first-order valence-electron chi connectivity index (χ1n) is 8.43. The van der Waals surface area contributed by atoms with Crippen molar-refractivity contribution in [1.82, 2.24) is 14.9 Å². The van der Waals surface area contributed by atoms with Crippen molar-refractivity contribution in [2.75, 3.05) is 6.54 Å². The lowest BCUT2D eigenvalue weighted by Gasteiger charge is -2.17. The lowest BCUT2D eigenvalue weighted by molar-refractivity contribution is -0.121. The highest BCUT2D eigenvalue weighted by atomic mass is 32.1. The predicted octanol–water partition coefficient (Wildman–Crippen LogP) is 0.168. The SMILES string of the molecule is CCc1cn([C@@H]2CC(O)[C@H](CNC(=O)Cc3ccsc3)O2)c(=O)[nH]c1=O. The Morgan fingerprint density at radius 2 is 2.31 bits per heavy atom. The van der Waals surface area contributed by atoms with Gasteiger partial charge in [-0.2, -0.15) is 11.3 Å². The average Bonchev–Trinajstić information content (AvgIpc) is 3.23. The maximum Gasteiger partial charge on any atom is 0.330 e. The third-order valence-corrected chi connectivity index (χ3v) is 5.11. The number of hydrogen-bond acceptors (Lipinski definition) is 6. The van der Waals surface area contributed by atoms with Crippen molar-refractivity contribution < 1.29 is 14.6 Å². The Kier molecular flexibility index (Phi) is 5.70. The number of H-pyrrole nitrogens is 1. The van der Waals surface area contributed by atoms with Crippen LogP contribution in [0.25, 0.3) is 0 Å². The lowest BCUT2D eigenvalue weighted by Crippen LogP contribution is -2.38. The molecule has 1 aliphatic rings. The highest BCUT2D eigenvalue weighted by Crippen LogP contribution is 2.27. The third-order valence-electron chi connectivity index (χ3n) is 4.38. The molecule has 3 atom stereocenters. The number of aromatic nitrogens is 2. The fourth-order valence-electron chi connectivity index (χ4n) is 2.92. The van der Waals surface area contributed by atoms with E-state index in [2.05, 4.69) is 10.3 Å². The topological polar surface area (TPSA) is 113 Å². The van der Waals surface area contributed by atoms with Gasteiger partial charge in [0, 0.05) is 24.7 Å². The number of carbonyl (C=O) groups excluding carboxylic acids is 1. The van der Waals surface area contributed by atoms with Crippen molar-refractivity contribution in [2.45, 2.75) is 44.6 Å². The fourth-order valence-corrected chi connectivity index (χ4v) is 3.59. The fraction of sp³-hybridized carbons (Fsp3) is 0.471. The summed E-state index contributed by atoms with van der Waals surface area (Å²) in [5, 5.41) is 16.8. The summed E-state index contributed by atoms with van der Waals surface area (Å²) in [6.07, 6.45) is 0.317. The van der Waals surface area contributed by atoms with Crippen molar-refractivity contribution in [1.29, 1.82) is 0 Å². The molecule has 2 aromatic heterocycles. The van der Waals surface area contributed by atoms with Crippen molar-refractivity contribution in [3.05, 3.63) is 55.0 Å². The van der Waals surface area contributed by atoms with E-state index >= 15 is 0 Å². The first kappa shape index (κ1) is 18.6. The van der Waals surface area contributed by atoms with E-state index in [1.165, 1.54) is 22.1 Å². The minimum absolute atomic E-state index is 0.152. The quantitative estimate of drug-likeness (QED) is 0.662. The summed E-state index contributed by atoms with van der Waals surface area (Å²) in [5.74, 6) is -0.155. The van der Waals surface area contributed by atoms with Crippen molar-refractivity contribution >= 4 is 17.2 Å². The molecule has 8 nitrogen and oxygen atoms in total. The average molecular weight is 379 g/mol. The van der Waals surface area contributed by atoms with E-state index in [0.717, 1.165) is 5.56 Å². The van der Waals surface area contributed by atoms with E-state index in [9.17, 15) is 19.5 Å². The zero-order valence-electron chi connectivity index (χ0n) is 14.3.